The van der Waals surface area contributed by atoms with Gasteiger partial charge in [-0.3, -0.25) is 0 Å². The molecule has 0 bridgehead atoms. The average Bonchev–Trinajstić information content (AvgIpc) is 3.72. The van der Waals surface area contributed by atoms with Gasteiger partial charge in [-0.15, -0.1) is 36.0 Å². The Bertz CT molecular complexity index is 1770. The first-order valence-corrected chi connectivity index (χ1v) is 29.6. The summed E-state index contributed by atoms with van der Waals surface area (Å²) in [5.74, 6) is -1.48. The van der Waals surface area contributed by atoms with Crippen LogP contribution in [0.3, 0.4) is 0 Å². The highest BCUT2D eigenvalue weighted by Crippen LogP contribution is 2.60. The van der Waals surface area contributed by atoms with Gasteiger partial charge in [-0.2, -0.15) is 0 Å². The molecule has 0 amide bonds. The Balaban J connectivity index is 1.51. The molecule has 6 rings (SSSR count). The zero-order chi connectivity index (χ0) is 44.5. The molecule has 2 unspecified atom stereocenters. The molecule has 0 radical (unpaired) electrons. The summed E-state index contributed by atoms with van der Waals surface area (Å²) in [6.45, 7) is 24.9. The molecule has 2 aromatic rings. The molecule has 4 fully saturated rings. The molecule has 2 aliphatic carbocycles. The van der Waals surface area contributed by atoms with E-state index in [4.69, 9.17) is 76.1 Å². The first kappa shape index (κ1) is 49.2. The van der Waals surface area contributed by atoms with Gasteiger partial charge < -0.3 is 38.2 Å². The van der Waals surface area contributed by atoms with Crippen molar-refractivity contribution in [1.82, 2.24) is 0 Å². The van der Waals surface area contributed by atoms with Crippen molar-refractivity contribution in [2.75, 3.05) is 13.2 Å². The van der Waals surface area contributed by atoms with Gasteiger partial charge >= 0.3 is 0 Å². The summed E-state index contributed by atoms with van der Waals surface area (Å²) < 4.78 is 41.9. The van der Waals surface area contributed by atoms with Crippen molar-refractivity contribution < 1.29 is 38.2 Å². The minimum atomic E-state index is -3.27. The van der Waals surface area contributed by atoms with Crippen molar-refractivity contribution in [3.05, 3.63) is 46.5 Å². The first-order chi connectivity index (χ1) is 27.5. The molecule has 2 aliphatic heterocycles. The Kier molecular flexibility index (Phi) is 14.4. The van der Waals surface area contributed by atoms with Crippen molar-refractivity contribution >= 4 is 69.7 Å². The zero-order valence-electron chi connectivity index (χ0n) is 38.0. The Morgan fingerprint density at radius 2 is 0.817 bits per heavy atom. The van der Waals surface area contributed by atoms with Crippen LogP contribution in [0.2, 0.25) is 0 Å². The van der Waals surface area contributed by atoms with Crippen molar-refractivity contribution in [3.8, 4) is 11.5 Å². The lowest BCUT2D eigenvalue weighted by Gasteiger charge is -2.41. The Labute approximate surface area is 381 Å². The fourth-order valence-electron chi connectivity index (χ4n) is 9.10. The number of hydrogen-bond donors (Lipinski definition) is 2. The molecule has 2 saturated heterocycles. The highest BCUT2D eigenvalue weighted by atomic mass is 32.9. The summed E-state index contributed by atoms with van der Waals surface area (Å²) in [5.41, 5.74) is -5.75. The van der Waals surface area contributed by atoms with Crippen LogP contribution in [-0.2, 0) is 73.3 Å². The van der Waals surface area contributed by atoms with E-state index in [0.717, 1.165) is 64.2 Å². The molecule has 2 heterocycles. The maximum Gasteiger partial charge on any atom is 0.169 e. The first-order valence-electron chi connectivity index (χ1n) is 21.9. The Morgan fingerprint density at radius 3 is 1.07 bits per heavy atom. The molecule has 2 aromatic carbocycles. The van der Waals surface area contributed by atoms with Crippen LogP contribution in [0.5, 0.6) is 11.5 Å². The number of thiol groups is 2. The lowest BCUT2D eigenvalue weighted by atomic mass is 9.79. The predicted molar refractivity (Wildman–Crippen MR) is 255 cm³/mol. The number of rotatable bonds is 9. The minimum Gasteiger partial charge on any atom is -0.872 e. The molecular weight excluding hydrogens is 871 g/mol. The molecule has 338 valence electrons. The van der Waals surface area contributed by atoms with Crippen LogP contribution in [0.1, 0.15) is 170 Å². The van der Waals surface area contributed by atoms with E-state index < -0.39 is 68.6 Å². The van der Waals surface area contributed by atoms with Crippen LogP contribution >= 0.6 is 35.4 Å². The second-order valence-corrected chi connectivity index (χ2v) is 33.4. The zero-order valence-corrected chi connectivity index (χ0v) is 43.2. The monoisotopic (exact) mass is 940 g/mol. The average molecular weight is 941 g/mol. The molecule has 0 aromatic heterocycles. The van der Waals surface area contributed by atoms with E-state index in [1.54, 1.807) is 0 Å². The highest BCUT2D eigenvalue weighted by molar-refractivity contribution is 8.64. The van der Waals surface area contributed by atoms with Gasteiger partial charge in [0.1, 0.15) is 35.3 Å². The third-order valence-electron chi connectivity index (χ3n) is 12.6. The summed E-state index contributed by atoms with van der Waals surface area (Å²) in [6, 6.07) is 7.59. The topological polar surface area (TPSA) is 102 Å². The molecule has 2 saturated carbocycles. The number of hydrogen-bond acceptors (Lipinski definition) is 10. The van der Waals surface area contributed by atoms with Crippen molar-refractivity contribution in [2.45, 2.75) is 205 Å². The fourth-order valence-corrected chi connectivity index (χ4v) is 14.3. The molecule has 4 aliphatic rings. The van der Waals surface area contributed by atoms with Crippen LogP contribution in [0, 0.1) is 0 Å². The molecule has 8 nitrogen and oxygen atoms in total. The van der Waals surface area contributed by atoms with E-state index in [9.17, 15) is 10.2 Å². The van der Waals surface area contributed by atoms with Gasteiger partial charge in [0, 0.05) is 36.3 Å². The largest absolute Gasteiger partial charge is 0.872 e. The van der Waals surface area contributed by atoms with Crippen molar-refractivity contribution in [2.24, 2.45) is 0 Å². The van der Waals surface area contributed by atoms with E-state index in [0.29, 0.717) is 32.9 Å². The van der Waals surface area contributed by atoms with Gasteiger partial charge in [-0.05, 0) is 93.9 Å². The molecule has 6 atom stereocenters. The van der Waals surface area contributed by atoms with E-state index in [-0.39, 0.29) is 24.7 Å². The van der Waals surface area contributed by atoms with E-state index in [1.807, 2.05) is 107 Å². The van der Waals surface area contributed by atoms with Gasteiger partial charge in [0.2, 0.25) is 0 Å². The maximum absolute atomic E-state index is 14.0. The van der Waals surface area contributed by atoms with Gasteiger partial charge in [-0.25, -0.2) is 0 Å². The maximum atomic E-state index is 14.0. The van der Waals surface area contributed by atoms with Crippen molar-refractivity contribution in [1.29, 1.82) is 0 Å². The smallest absolute Gasteiger partial charge is 0.169 e. The van der Waals surface area contributed by atoms with E-state index >= 15 is 0 Å². The van der Waals surface area contributed by atoms with Crippen LogP contribution < -0.4 is 20.8 Å². The van der Waals surface area contributed by atoms with Gasteiger partial charge in [0.25, 0.3) is 0 Å². The molecule has 60 heavy (non-hydrogen) atoms. The van der Waals surface area contributed by atoms with Crippen LogP contribution in [0.25, 0.3) is 0 Å². The summed E-state index contributed by atoms with van der Waals surface area (Å²) in [4.78, 5) is 0. The van der Waals surface area contributed by atoms with Gasteiger partial charge in [0.05, 0.1) is 13.2 Å². The van der Waals surface area contributed by atoms with E-state index in [2.05, 4.69) is 0 Å². The van der Waals surface area contributed by atoms with Crippen LogP contribution in [-0.4, -0.2) is 49.2 Å². The van der Waals surface area contributed by atoms with Gasteiger partial charge in [-0.1, -0.05) is 120 Å². The second-order valence-electron chi connectivity index (χ2n) is 21.8. The van der Waals surface area contributed by atoms with Crippen molar-refractivity contribution in [3.63, 3.8) is 0 Å². The van der Waals surface area contributed by atoms with E-state index in [1.165, 1.54) is 0 Å². The third-order valence-corrected chi connectivity index (χ3v) is 19.2. The molecule has 14 heteroatoms. The lowest BCUT2D eigenvalue weighted by molar-refractivity contribution is -0.272. The van der Waals surface area contributed by atoms with Gasteiger partial charge in [0.15, 0.2) is 11.6 Å². The summed E-state index contributed by atoms with van der Waals surface area (Å²) in [6.07, 6.45) is 6.30. The Morgan fingerprint density at radius 1 is 0.550 bits per heavy atom. The Hall–Kier alpha value is -0.200. The lowest BCUT2D eigenvalue weighted by Crippen LogP contribution is -2.50. The third kappa shape index (κ3) is 10.7. The fraction of sp³-hybridized carbons (Fsp3) is 0.739. The van der Waals surface area contributed by atoms with Crippen LogP contribution in [0.4, 0.5) is 0 Å². The molecule has 2 spiro atoms. The molecule has 0 N–H and O–H groups in total. The summed E-state index contributed by atoms with van der Waals surface area (Å²) in [7, 11) is 0. The van der Waals surface area contributed by atoms with Crippen LogP contribution in [0.15, 0.2) is 24.3 Å². The second kappa shape index (κ2) is 17.5. The number of ether oxygens (including phenoxy) is 4. The normalized spacial score (nSPS) is 25.6. The summed E-state index contributed by atoms with van der Waals surface area (Å²) in [5, 5.41) is 29.5. The number of benzene rings is 2. The quantitative estimate of drug-likeness (QED) is 0.187. The standard InChI is InChI=1S/C46H72O8P2S4/c1-41(2,3)31-23-29(24-32(37(31)47)42(4,5)6)55(57,58)53-39(35-27-49-45(51-35)19-15-13-16-20-45)40(36-28-50-46(52-36)21-17-14-18-22-46)54-56(59,60)30-25-33(43(7,8)9)38(48)34(26-30)44(10,11)12/h23-26,35-36,39-40,47-48H,13-22,27-28H2,1-12H3,(H,57,58)(H,59,60)/p-2/t35-,36-,39-,40-/m1/s1. The molecular formula is C46H70O8P2S4-2. The highest BCUT2D eigenvalue weighted by Gasteiger charge is 2.54. The predicted octanol–water partition coefficient (Wildman–Crippen LogP) is 10.4. The minimum absolute atomic E-state index is 0.00464. The summed E-state index contributed by atoms with van der Waals surface area (Å²) >= 11 is 23.6. The SMILES string of the molecule is CC(C)(C)c1cc(P(=S)(S)O[C@@H]([C@H](OP(=S)(S)c2cc(C(C)(C)C)c([O-])c(C(C)(C)C)c2)[C@H]2COC3(CCCCC3)O2)[C@H]2COC3(CCCCC3)O2)cc(C(C)(C)C)c1[O-].